The average molecular weight is 405 g/mol. The normalized spacial score (nSPS) is 15.0. The van der Waals surface area contributed by atoms with Gasteiger partial charge in [-0.15, -0.1) is 0 Å². The van der Waals surface area contributed by atoms with E-state index in [0.717, 1.165) is 5.69 Å². The zero-order valence-electron chi connectivity index (χ0n) is 17.4. The fourth-order valence-corrected chi connectivity index (χ4v) is 3.80. The van der Waals surface area contributed by atoms with Crippen molar-refractivity contribution in [3.8, 4) is 5.69 Å². The summed E-state index contributed by atoms with van der Waals surface area (Å²) in [6.07, 6.45) is 0. The van der Waals surface area contributed by atoms with E-state index in [1.165, 1.54) is 0 Å². The van der Waals surface area contributed by atoms with Crippen molar-refractivity contribution >= 4 is 17.0 Å². The fraction of sp³-hybridized carbons (Fsp3) is 0.400. The summed E-state index contributed by atoms with van der Waals surface area (Å²) < 4.78 is 3.55. The van der Waals surface area contributed by atoms with Crippen LogP contribution in [0.2, 0.25) is 0 Å². The molecule has 10 heteroatoms. The lowest BCUT2D eigenvalue weighted by molar-refractivity contribution is 0.363. The molecular weight excluding hydrogens is 382 g/mol. The Labute approximate surface area is 172 Å². The van der Waals surface area contributed by atoms with Crippen LogP contribution in [0.15, 0.2) is 35.1 Å². The van der Waals surface area contributed by atoms with Gasteiger partial charge in [-0.25, -0.2) is 9.67 Å². The zero-order chi connectivity index (χ0) is 21.0. The van der Waals surface area contributed by atoms with Crippen LogP contribution in [0.1, 0.15) is 38.2 Å². The van der Waals surface area contributed by atoms with Crippen molar-refractivity contribution in [3.63, 3.8) is 0 Å². The number of aryl methyl sites for hydroxylation is 1. The number of nitrogens with zero attached hydrogens (tertiary/aromatic N) is 8. The summed E-state index contributed by atoms with van der Waals surface area (Å²) in [4.78, 5) is 22.6. The quantitative estimate of drug-likeness (QED) is 0.553. The number of rotatable bonds is 3. The van der Waals surface area contributed by atoms with Gasteiger partial charge in [0.25, 0.3) is 5.56 Å². The van der Waals surface area contributed by atoms with Crippen LogP contribution in [0.4, 0.5) is 5.95 Å². The van der Waals surface area contributed by atoms with Gasteiger partial charge in [-0.05, 0) is 50.3 Å². The predicted octanol–water partition coefficient (Wildman–Crippen LogP) is 1.76. The van der Waals surface area contributed by atoms with E-state index in [-0.39, 0.29) is 17.0 Å². The van der Waals surface area contributed by atoms with Crippen LogP contribution in [-0.4, -0.2) is 53.0 Å². The molecule has 0 atom stereocenters. The predicted molar refractivity (Wildman–Crippen MR) is 112 cm³/mol. The molecule has 0 amide bonds. The molecule has 1 aliphatic rings. The van der Waals surface area contributed by atoms with Gasteiger partial charge in [-0.1, -0.05) is 23.3 Å². The fourth-order valence-electron chi connectivity index (χ4n) is 3.80. The van der Waals surface area contributed by atoms with Gasteiger partial charge in [0.1, 0.15) is 11.2 Å². The largest absolute Gasteiger partial charge is 0.338 e. The summed E-state index contributed by atoms with van der Waals surface area (Å²) in [5.41, 5.74) is 1.81. The van der Waals surface area contributed by atoms with Crippen LogP contribution in [-0.2, 0) is 5.54 Å². The first-order valence-electron chi connectivity index (χ1n) is 9.91. The maximum absolute atomic E-state index is 12.8. The second-order valence-electron chi connectivity index (χ2n) is 8.65. The highest BCUT2D eigenvalue weighted by Crippen LogP contribution is 2.30. The van der Waals surface area contributed by atoms with Gasteiger partial charge in [0.2, 0.25) is 5.95 Å². The van der Waals surface area contributed by atoms with Gasteiger partial charge in [0, 0.05) is 13.1 Å². The van der Waals surface area contributed by atoms with Crippen LogP contribution in [0.3, 0.4) is 0 Å². The highest BCUT2D eigenvalue weighted by atomic mass is 16.1. The summed E-state index contributed by atoms with van der Waals surface area (Å²) in [7, 11) is 0. The number of benzene rings is 1. The number of H-pyrrole nitrogens is 1. The van der Waals surface area contributed by atoms with Gasteiger partial charge < -0.3 is 9.88 Å². The Morgan fingerprint density at radius 3 is 2.57 bits per heavy atom. The molecule has 4 heterocycles. The number of hydrogen-bond acceptors (Lipinski definition) is 7. The third-order valence-corrected chi connectivity index (χ3v) is 5.37. The van der Waals surface area contributed by atoms with Crippen molar-refractivity contribution in [2.75, 3.05) is 18.0 Å². The minimum absolute atomic E-state index is 0.0895. The van der Waals surface area contributed by atoms with Gasteiger partial charge in [-0.2, -0.15) is 9.78 Å². The summed E-state index contributed by atoms with van der Waals surface area (Å²) >= 11 is 0. The van der Waals surface area contributed by atoms with Crippen molar-refractivity contribution in [2.24, 2.45) is 0 Å². The first-order chi connectivity index (χ1) is 14.3. The van der Waals surface area contributed by atoms with Crippen molar-refractivity contribution < 1.29 is 0 Å². The second-order valence-corrected chi connectivity index (χ2v) is 8.65. The van der Waals surface area contributed by atoms with Gasteiger partial charge in [0.15, 0.2) is 5.65 Å². The molecule has 1 aromatic carbocycles. The molecule has 0 spiro atoms. The van der Waals surface area contributed by atoms with E-state index in [2.05, 4.69) is 51.3 Å². The minimum atomic E-state index is -0.270. The van der Waals surface area contributed by atoms with Crippen molar-refractivity contribution in [2.45, 2.75) is 39.2 Å². The molecule has 0 saturated carbocycles. The Morgan fingerprint density at radius 2 is 1.87 bits per heavy atom. The first kappa shape index (κ1) is 18.5. The molecule has 5 rings (SSSR count). The molecule has 4 aromatic rings. The Bertz CT molecular complexity index is 1270. The monoisotopic (exact) mass is 405 g/mol. The molecule has 0 unspecified atom stereocenters. The van der Waals surface area contributed by atoms with Gasteiger partial charge in [-0.3, -0.25) is 4.79 Å². The number of para-hydroxylation sites is 1. The van der Waals surface area contributed by atoms with Crippen LogP contribution < -0.4 is 10.5 Å². The molecule has 0 aliphatic carbocycles. The van der Waals surface area contributed by atoms with Crippen molar-refractivity contribution in [3.05, 3.63) is 52.2 Å². The van der Waals surface area contributed by atoms with Gasteiger partial charge in [0.05, 0.1) is 22.8 Å². The van der Waals surface area contributed by atoms with Crippen LogP contribution in [0.25, 0.3) is 16.7 Å². The molecule has 3 aromatic heterocycles. The van der Waals surface area contributed by atoms with E-state index in [9.17, 15) is 4.79 Å². The molecule has 10 nitrogen and oxygen atoms in total. The molecule has 1 fully saturated rings. The van der Waals surface area contributed by atoms with Crippen molar-refractivity contribution in [1.29, 1.82) is 0 Å². The standard InChI is InChI=1S/C20H23N9O/c1-12-15-17(29(24-12)20(2,3)4)21-16(22-18(15)30)13-10-27(11-13)19-23-25-26-28(19)14-8-6-5-7-9-14/h5-9,13H,10-11H2,1-4H3,(H,21,22,30). The van der Waals surface area contributed by atoms with Crippen molar-refractivity contribution in [1.82, 2.24) is 40.0 Å². The van der Waals surface area contributed by atoms with E-state index in [1.807, 2.05) is 41.9 Å². The molecule has 30 heavy (non-hydrogen) atoms. The van der Waals surface area contributed by atoms with E-state index in [0.29, 0.717) is 41.6 Å². The third-order valence-electron chi connectivity index (χ3n) is 5.37. The highest BCUT2D eigenvalue weighted by molar-refractivity contribution is 5.77. The summed E-state index contributed by atoms with van der Waals surface area (Å²) in [6, 6.07) is 9.77. The minimum Gasteiger partial charge on any atom is -0.338 e. The molecule has 0 bridgehead atoms. The molecular formula is C20H23N9O. The van der Waals surface area contributed by atoms with Crippen LogP contribution >= 0.6 is 0 Å². The maximum atomic E-state index is 12.8. The lowest BCUT2D eigenvalue weighted by atomic mass is 9.99. The number of fused-ring (bicyclic) bond motifs is 1. The highest BCUT2D eigenvalue weighted by Gasteiger charge is 2.34. The lowest BCUT2D eigenvalue weighted by Crippen LogP contribution is -2.47. The molecule has 1 aliphatic heterocycles. The molecule has 1 N–H and O–H groups in total. The number of aromatic nitrogens is 8. The second kappa shape index (κ2) is 6.48. The SMILES string of the molecule is Cc1nn(C(C)(C)C)c2nc(C3CN(c4nnnn4-c4ccccc4)C3)[nH]c(=O)c12. The molecule has 0 radical (unpaired) electrons. The number of aromatic amines is 1. The van der Waals surface area contributed by atoms with E-state index in [4.69, 9.17) is 4.98 Å². The van der Waals surface area contributed by atoms with E-state index in [1.54, 1.807) is 4.68 Å². The zero-order valence-corrected chi connectivity index (χ0v) is 17.4. The van der Waals surface area contributed by atoms with E-state index < -0.39 is 0 Å². The smallest absolute Gasteiger partial charge is 0.262 e. The van der Waals surface area contributed by atoms with Crippen LogP contribution in [0, 0.1) is 6.92 Å². The molecule has 154 valence electrons. The maximum Gasteiger partial charge on any atom is 0.262 e. The third kappa shape index (κ3) is 2.87. The van der Waals surface area contributed by atoms with Gasteiger partial charge >= 0.3 is 0 Å². The number of tetrazole rings is 1. The Hall–Kier alpha value is -3.56. The summed E-state index contributed by atoms with van der Waals surface area (Å²) in [6.45, 7) is 9.34. The van der Waals surface area contributed by atoms with Crippen LogP contribution in [0.5, 0.6) is 0 Å². The lowest BCUT2D eigenvalue weighted by Gasteiger charge is -2.38. The van der Waals surface area contributed by atoms with E-state index >= 15 is 0 Å². The molecule has 1 saturated heterocycles. The first-order valence-corrected chi connectivity index (χ1v) is 9.91. The Balaban J connectivity index is 1.45. The topological polar surface area (TPSA) is 110 Å². The average Bonchev–Trinajstić information content (AvgIpc) is 3.26. The number of nitrogens with one attached hydrogen (secondary N) is 1. The Kier molecular flexibility index (Phi) is 3.99. The number of anilines is 1. The summed E-state index contributed by atoms with van der Waals surface area (Å²) in [5.74, 6) is 1.44. The Morgan fingerprint density at radius 1 is 1.13 bits per heavy atom. The summed E-state index contributed by atoms with van der Waals surface area (Å²) in [5, 5.41) is 17.2. The number of hydrogen-bond donors (Lipinski definition) is 1.